The molecule has 0 saturated carbocycles. The summed E-state index contributed by atoms with van der Waals surface area (Å²) in [7, 11) is 1.57. The summed E-state index contributed by atoms with van der Waals surface area (Å²) in [6.45, 7) is 4.81. The van der Waals surface area contributed by atoms with E-state index in [9.17, 15) is 22.8 Å². The molecule has 3 aromatic carbocycles. The molecule has 1 fully saturated rings. The van der Waals surface area contributed by atoms with Crippen LogP contribution in [0.25, 0.3) is 0 Å². The Morgan fingerprint density at radius 1 is 1.09 bits per heavy atom. The van der Waals surface area contributed by atoms with Crippen LogP contribution in [-0.4, -0.2) is 55.4 Å². The van der Waals surface area contributed by atoms with Crippen LogP contribution in [0.3, 0.4) is 0 Å². The zero-order valence-electron chi connectivity index (χ0n) is 26.1. The number of benzene rings is 3. The van der Waals surface area contributed by atoms with Gasteiger partial charge in [0.2, 0.25) is 5.91 Å². The van der Waals surface area contributed by atoms with Crippen molar-refractivity contribution in [3.63, 3.8) is 0 Å². The number of urea groups is 1. The predicted octanol–water partition coefficient (Wildman–Crippen LogP) is 6.61. The van der Waals surface area contributed by atoms with E-state index in [0.29, 0.717) is 41.3 Å². The molecule has 2 heterocycles. The van der Waals surface area contributed by atoms with Gasteiger partial charge in [0.15, 0.2) is 5.17 Å². The summed E-state index contributed by atoms with van der Waals surface area (Å²) in [5.74, 6) is 1.19. The second kappa shape index (κ2) is 14.8. The lowest BCUT2D eigenvalue weighted by Gasteiger charge is -2.22. The molecule has 2 aliphatic rings. The number of methoxy groups -OCH3 is 1. The van der Waals surface area contributed by atoms with Crippen molar-refractivity contribution in [2.45, 2.75) is 45.4 Å². The Labute approximate surface area is 275 Å². The number of aliphatic imine (C=N–C) groups is 2. The van der Waals surface area contributed by atoms with Crippen LogP contribution in [0.2, 0.25) is 0 Å². The first-order valence-electron chi connectivity index (χ1n) is 15.0. The lowest BCUT2D eigenvalue weighted by atomic mass is 10.00. The number of anilines is 2. The van der Waals surface area contributed by atoms with Crippen LogP contribution in [0.15, 0.2) is 76.7 Å². The highest BCUT2D eigenvalue weighted by Crippen LogP contribution is 2.36. The van der Waals surface area contributed by atoms with Crippen LogP contribution >= 0.6 is 11.8 Å². The summed E-state index contributed by atoms with van der Waals surface area (Å²) in [5, 5.41) is 4.90. The molecule has 47 heavy (non-hydrogen) atoms. The number of hydrogen-bond acceptors (Lipinski definition) is 8. The minimum atomic E-state index is -4.74. The normalized spacial score (nSPS) is 15.7. The van der Waals surface area contributed by atoms with Gasteiger partial charge in [-0.05, 0) is 72.7 Å². The highest BCUT2D eigenvalue weighted by Gasteiger charge is 2.33. The molecule has 2 aliphatic heterocycles. The molecule has 10 nitrogen and oxygen atoms in total. The van der Waals surface area contributed by atoms with Crippen molar-refractivity contribution in [3.05, 3.63) is 83.4 Å². The Morgan fingerprint density at radius 2 is 1.85 bits per heavy atom. The van der Waals surface area contributed by atoms with Crippen molar-refractivity contribution in [2.24, 2.45) is 9.98 Å². The number of carbonyl (C=O) groups is 2. The van der Waals surface area contributed by atoms with E-state index in [1.807, 2.05) is 50.2 Å². The lowest BCUT2D eigenvalue weighted by Crippen LogP contribution is -2.36. The van der Waals surface area contributed by atoms with Crippen molar-refractivity contribution in [1.82, 2.24) is 10.7 Å². The Bertz CT molecular complexity index is 1660. The van der Waals surface area contributed by atoms with Crippen LogP contribution < -0.4 is 30.1 Å². The highest BCUT2D eigenvalue weighted by molar-refractivity contribution is 8.15. The SMILES string of the molecule is COc1ccc(C(C)C)c(N2C(=O)CSC2=NC(=O)NCCCCc2cccc(C3=NCN(c4ccc(OC(F)(F)F)cc4)N3)c2)c1. The number of amidine groups is 2. The fraction of sp³-hybridized carbons (Fsp3) is 0.333. The molecular weight excluding hydrogens is 633 g/mol. The Hall–Kier alpha value is -4.72. The first kappa shape index (κ1) is 33.6. The van der Waals surface area contributed by atoms with Gasteiger partial charge in [0, 0.05) is 18.2 Å². The average Bonchev–Trinajstić information content (AvgIpc) is 3.67. The third kappa shape index (κ3) is 8.76. The first-order chi connectivity index (χ1) is 22.5. The number of aryl methyl sites for hydroxylation is 1. The largest absolute Gasteiger partial charge is 0.573 e. The molecule has 14 heteroatoms. The number of rotatable bonds is 11. The number of alkyl halides is 3. The van der Waals surface area contributed by atoms with Crippen molar-refractivity contribution in [3.8, 4) is 11.5 Å². The molecule has 0 unspecified atom stereocenters. The van der Waals surface area contributed by atoms with E-state index in [4.69, 9.17) is 4.74 Å². The monoisotopic (exact) mass is 668 g/mol. The standard InChI is InChI=1S/C33H35F3N6O4S/c1-21(2)27-15-14-26(45-3)18-28(27)42-29(43)19-47-32(42)39-31(44)37-16-5-4-7-22-8-6-9-23(17-22)30-38-20-41(40-30)24-10-12-25(13-11-24)46-33(34,35)36/h6,8-15,17-18,21H,4-5,7,16,19-20H2,1-3H3,(H,37,44)(H,38,40). The summed E-state index contributed by atoms with van der Waals surface area (Å²) in [6.07, 6.45) is -2.42. The molecule has 0 atom stereocenters. The fourth-order valence-corrected chi connectivity index (χ4v) is 5.99. The van der Waals surface area contributed by atoms with Crippen LogP contribution in [0.5, 0.6) is 11.5 Å². The van der Waals surface area contributed by atoms with E-state index in [1.165, 1.54) is 40.9 Å². The molecule has 3 amide bonds. The van der Waals surface area contributed by atoms with E-state index in [1.54, 1.807) is 18.2 Å². The molecule has 1 saturated heterocycles. The summed E-state index contributed by atoms with van der Waals surface area (Å²) in [4.78, 5) is 35.8. The smallest absolute Gasteiger partial charge is 0.497 e. The summed E-state index contributed by atoms with van der Waals surface area (Å²) in [5.41, 5.74) is 7.45. The minimum Gasteiger partial charge on any atom is -0.497 e. The number of carbonyl (C=O) groups excluding carboxylic acids is 2. The van der Waals surface area contributed by atoms with E-state index >= 15 is 0 Å². The Balaban J connectivity index is 1.10. The first-order valence-corrected chi connectivity index (χ1v) is 16.0. The molecule has 248 valence electrons. The number of amides is 3. The summed E-state index contributed by atoms with van der Waals surface area (Å²) < 4.78 is 46.7. The molecular formula is C33H35F3N6O4S. The number of nitrogens with one attached hydrogen (secondary N) is 2. The second-order valence-corrected chi connectivity index (χ2v) is 12.1. The zero-order valence-corrected chi connectivity index (χ0v) is 27.0. The molecule has 0 aliphatic carbocycles. The summed E-state index contributed by atoms with van der Waals surface area (Å²) >= 11 is 1.23. The molecule has 0 aromatic heterocycles. The van der Waals surface area contributed by atoms with Crippen molar-refractivity contribution in [1.29, 1.82) is 0 Å². The van der Waals surface area contributed by atoms with Gasteiger partial charge in [-0.15, -0.1) is 13.2 Å². The third-order valence-electron chi connectivity index (χ3n) is 7.43. The third-order valence-corrected chi connectivity index (χ3v) is 8.35. The van der Waals surface area contributed by atoms with Gasteiger partial charge in [-0.25, -0.2) is 9.79 Å². The Morgan fingerprint density at radius 3 is 2.57 bits per heavy atom. The van der Waals surface area contributed by atoms with Crippen LogP contribution in [-0.2, 0) is 11.2 Å². The van der Waals surface area contributed by atoms with E-state index in [0.717, 1.165) is 36.0 Å². The van der Waals surface area contributed by atoms with Gasteiger partial charge in [0.1, 0.15) is 24.0 Å². The van der Waals surface area contributed by atoms with Crippen LogP contribution in [0, 0.1) is 0 Å². The summed E-state index contributed by atoms with van der Waals surface area (Å²) in [6, 6.07) is 18.6. The number of halogens is 3. The van der Waals surface area contributed by atoms with Gasteiger partial charge in [0.05, 0.1) is 24.2 Å². The second-order valence-electron chi connectivity index (χ2n) is 11.1. The van der Waals surface area contributed by atoms with E-state index < -0.39 is 12.4 Å². The zero-order chi connectivity index (χ0) is 33.6. The van der Waals surface area contributed by atoms with Crippen molar-refractivity contribution < 1.29 is 32.2 Å². The highest BCUT2D eigenvalue weighted by atomic mass is 32.2. The van der Waals surface area contributed by atoms with Crippen molar-refractivity contribution >= 4 is 46.1 Å². The van der Waals surface area contributed by atoms with Gasteiger partial charge in [-0.2, -0.15) is 4.99 Å². The average molecular weight is 669 g/mol. The maximum absolute atomic E-state index is 12.8. The van der Waals surface area contributed by atoms with Gasteiger partial charge in [-0.3, -0.25) is 20.1 Å². The molecule has 2 N–H and O–H groups in total. The molecule has 5 rings (SSSR count). The van der Waals surface area contributed by atoms with Gasteiger partial charge >= 0.3 is 12.4 Å². The molecule has 3 aromatic rings. The van der Waals surface area contributed by atoms with Crippen LogP contribution in [0.4, 0.5) is 29.3 Å². The van der Waals surface area contributed by atoms with E-state index in [2.05, 4.69) is 25.5 Å². The molecule has 0 spiro atoms. The van der Waals surface area contributed by atoms with Gasteiger partial charge in [0.25, 0.3) is 0 Å². The van der Waals surface area contributed by atoms with Crippen LogP contribution in [0.1, 0.15) is 49.3 Å². The topological polar surface area (TPSA) is 108 Å². The Kier molecular flexibility index (Phi) is 10.6. The number of thioether (sulfide) groups is 1. The molecule has 0 bridgehead atoms. The lowest BCUT2D eigenvalue weighted by molar-refractivity contribution is -0.274. The fourth-order valence-electron chi connectivity index (χ4n) is 5.13. The number of hydrazine groups is 1. The van der Waals surface area contributed by atoms with Gasteiger partial charge in [-0.1, -0.05) is 49.9 Å². The number of nitrogens with zero attached hydrogens (tertiary/aromatic N) is 4. The number of unbranched alkanes of at least 4 members (excludes halogenated alkanes) is 1. The molecule has 0 radical (unpaired) electrons. The quantitative estimate of drug-likeness (QED) is 0.221. The maximum Gasteiger partial charge on any atom is 0.573 e. The number of hydrogen-bond donors (Lipinski definition) is 2. The predicted molar refractivity (Wildman–Crippen MR) is 177 cm³/mol. The van der Waals surface area contributed by atoms with Gasteiger partial charge < -0.3 is 14.8 Å². The maximum atomic E-state index is 12.8. The van der Waals surface area contributed by atoms with Crippen molar-refractivity contribution in [2.75, 3.05) is 36.0 Å². The number of ether oxygens (including phenoxy) is 2. The minimum absolute atomic E-state index is 0.140. The van der Waals surface area contributed by atoms with E-state index in [-0.39, 0.29) is 23.3 Å².